The average Bonchev–Trinajstić information content (AvgIpc) is 2.32. The molecule has 0 aromatic heterocycles. The Bertz CT molecular complexity index is 588. The van der Waals surface area contributed by atoms with E-state index in [1.54, 1.807) is 0 Å². The van der Waals surface area contributed by atoms with Crippen molar-refractivity contribution < 1.29 is 0 Å². The molecule has 0 radical (unpaired) electrons. The molecule has 0 saturated heterocycles. The molecular formula is C15H14BrCl2N. The highest BCUT2D eigenvalue weighted by atomic mass is 79.9. The summed E-state index contributed by atoms with van der Waals surface area (Å²) in [6.07, 6.45) is 0. The van der Waals surface area contributed by atoms with Crippen molar-refractivity contribution in [3.63, 3.8) is 0 Å². The maximum Gasteiger partial charge on any atom is 0.0595 e. The zero-order valence-corrected chi connectivity index (χ0v) is 13.8. The van der Waals surface area contributed by atoms with E-state index in [4.69, 9.17) is 23.2 Å². The molecular weight excluding hydrogens is 345 g/mol. The van der Waals surface area contributed by atoms with Gasteiger partial charge >= 0.3 is 0 Å². The summed E-state index contributed by atoms with van der Waals surface area (Å²) in [5.74, 6) is 0. The first-order chi connectivity index (χ1) is 8.97. The third-order valence-electron chi connectivity index (χ3n) is 2.89. The Kier molecular flexibility index (Phi) is 4.77. The molecule has 0 aliphatic rings. The molecule has 4 heteroatoms. The lowest BCUT2D eigenvalue weighted by molar-refractivity contribution is 1.13. The fourth-order valence-corrected chi connectivity index (χ4v) is 3.11. The lowest BCUT2D eigenvalue weighted by Crippen LogP contribution is -2.02. The van der Waals surface area contributed by atoms with Gasteiger partial charge in [-0.15, -0.1) is 0 Å². The van der Waals surface area contributed by atoms with E-state index in [-0.39, 0.29) is 0 Å². The highest BCUT2D eigenvalue weighted by Crippen LogP contribution is 2.29. The van der Waals surface area contributed by atoms with Gasteiger partial charge in [0.05, 0.1) is 15.7 Å². The molecule has 0 fully saturated rings. The summed E-state index contributed by atoms with van der Waals surface area (Å²) < 4.78 is 1.07. The molecule has 100 valence electrons. The third-order valence-corrected chi connectivity index (χ3v) is 4.25. The molecule has 2 aromatic rings. The van der Waals surface area contributed by atoms with Crippen molar-refractivity contribution in [1.29, 1.82) is 0 Å². The Morgan fingerprint density at radius 2 is 1.79 bits per heavy atom. The Hall–Kier alpha value is -0.700. The molecule has 0 bridgehead atoms. The number of benzene rings is 2. The van der Waals surface area contributed by atoms with Crippen LogP contribution in [0.5, 0.6) is 0 Å². The maximum absolute atomic E-state index is 6.01. The van der Waals surface area contributed by atoms with Gasteiger partial charge in [-0.3, -0.25) is 0 Å². The first-order valence-corrected chi connectivity index (χ1v) is 7.47. The molecule has 0 unspecified atom stereocenters. The summed E-state index contributed by atoms with van der Waals surface area (Å²) >= 11 is 15.5. The van der Waals surface area contributed by atoms with E-state index in [1.807, 2.05) is 18.2 Å². The van der Waals surface area contributed by atoms with Crippen molar-refractivity contribution in [2.24, 2.45) is 0 Å². The smallest absolute Gasteiger partial charge is 0.0595 e. The summed E-state index contributed by atoms with van der Waals surface area (Å²) in [7, 11) is 0. The van der Waals surface area contributed by atoms with Gasteiger partial charge in [0.2, 0.25) is 0 Å². The number of hydrogen-bond acceptors (Lipinski definition) is 1. The van der Waals surface area contributed by atoms with Gasteiger partial charge in [0.15, 0.2) is 0 Å². The monoisotopic (exact) mass is 357 g/mol. The van der Waals surface area contributed by atoms with Crippen LogP contribution in [0.15, 0.2) is 34.8 Å². The predicted molar refractivity (Wildman–Crippen MR) is 87.4 cm³/mol. The molecule has 0 heterocycles. The molecule has 0 amide bonds. The number of hydrogen-bond donors (Lipinski definition) is 1. The van der Waals surface area contributed by atoms with Gasteiger partial charge in [-0.2, -0.15) is 0 Å². The van der Waals surface area contributed by atoms with Gasteiger partial charge in [-0.25, -0.2) is 0 Å². The Morgan fingerprint density at radius 3 is 2.42 bits per heavy atom. The van der Waals surface area contributed by atoms with Crippen LogP contribution in [0.1, 0.15) is 16.7 Å². The highest BCUT2D eigenvalue weighted by molar-refractivity contribution is 9.10. The van der Waals surface area contributed by atoms with Crippen LogP contribution in [0.3, 0.4) is 0 Å². The molecule has 0 saturated carbocycles. The minimum Gasteiger partial charge on any atom is -0.380 e. The van der Waals surface area contributed by atoms with E-state index in [2.05, 4.69) is 47.2 Å². The largest absolute Gasteiger partial charge is 0.380 e. The summed E-state index contributed by atoms with van der Waals surface area (Å²) in [5.41, 5.74) is 4.66. The quantitative estimate of drug-likeness (QED) is 0.710. The number of nitrogens with one attached hydrogen (secondary N) is 1. The van der Waals surface area contributed by atoms with Crippen LogP contribution < -0.4 is 5.32 Å². The maximum atomic E-state index is 6.01. The fourth-order valence-electron chi connectivity index (χ4n) is 1.98. The number of anilines is 1. The van der Waals surface area contributed by atoms with E-state index in [0.29, 0.717) is 16.6 Å². The molecule has 0 aliphatic carbocycles. The topological polar surface area (TPSA) is 12.0 Å². The van der Waals surface area contributed by atoms with Crippen LogP contribution in [0.4, 0.5) is 5.69 Å². The van der Waals surface area contributed by atoms with Crippen molar-refractivity contribution in [3.05, 3.63) is 61.5 Å². The minimum absolute atomic E-state index is 0.582. The van der Waals surface area contributed by atoms with Crippen LogP contribution in [0.2, 0.25) is 10.0 Å². The number of aryl methyl sites for hydroxylation is 2. The highest BCUT2D eigenvalue weighted by Gasteiger charge is 2.05. The lowest BCUT2D eigenvalue weighted by Gasteiger charge is -2.13. The van der Waals surface area contributed by atoms with Crippen LogP contribution >= 0.6 is 39.1 Å². The van der Waals surface area contributed by atoms with Crippen LogP contribution in [-0.4, -0.2) is 0 Å². The molecule has 1 N–H and O–H groups in total. The minimum atomic E-state index is 0.582. The number of halogens is 3. The van der Waals surface area contributed by atoms with Crippen molar-refractivity contribution in [2.75, 3.05) is 5.32 Å². The number of rotatable bonds is 3. The summed E-state index contributed by atoms with van der Waals surface area (Å²) in [4.78, 5) is 0. The molecule has 2 rings (SSSR count). The molecule has 0 atom stereocenters. The van der Waals surface area contributed by atoms with Gasteiger partial charge in [-0.1, -0.05) is 35.3 Å². The van der Waals surface area contributed by atoms with E-state index in [1.165, 1.54) is 11.1 Å². The predicted octanol–water partition coefficient (Wildman–Crippen LogP) is 5.98. The van der Waals surface area contributed by atoms with Crippen LogP contribution in [0, 0.1) is 13.8 Å². The fraction of sp³-hybridized carbons (Fsp3) is 0.200. The molecule has 0 aliphatic heterocycles. The van der Waals surface area contributed by atoms with Gasteiger partial charge in [0, 0.05) is 11.0 Å². The summed E-state index contributed by atoms with van der Waals surface area (Å²) in [6, 6.07) is 9.93. The normalized spacial score (nSPS) is 10.6. The second kappa shape index (κ2) is 6.17. The SMILES string of the molecule is Cc1cc(C)c(NCc2ccc(Cl)c(Cl)c2)c(Br)c1. The average molecular weight is 359 g/mol. The molecule has 1 nitrogen and oxygen atoms in total. The lowest BCUT2D eigenvalue weighted by atomic mass is 10.1. The van der Waals surface area contributed by atoms with Crippen LogP contribution in [-0.2, 0) is 6.54 Å². The van der Waals surface area contributed by atoms with Crippen LogP contribution in [0.25, 0.3) is 0 Å². The van der Waals surface area contributed by atoms with Crippen molar-refractivity contribution >= 4 is 44.8 Å². The van der Waals surface area contributed by atoms with E-state index >= 15 is 0 Å². The van der Waals surface area contributed by atoms with E-state index < -0.39 is 0 Å². The Morgan fingerprint density at radius 1 is 1.05 bits per heavy atom. The first-order valence-electron chi connectivity index (χ1n) is 5.92. The second-order valence-electron chi connectivity index (χ2n) is 4.54. The standard InChI is InChI=1S/C15H14BrCl2N/c1-9-5-10(2)15(12(16)6-9)19-8-11-3-4-13(17)14(18)7-11/h3-7,19H,8H2,1-2H3. The zero-order chi connectivity index (χ0) is 14.0. The molecule has 0 spiro atoms. The summed E-state index contributed by atoms with van der Waals surface area (Å²) in [5, 5.41) is 4.59. The van der Waals surface area contributed by atoms with Gasteiger partial charge < -0.3 is 5.32 Å². The third kappa shape index (κ3) is 3.65. The van der Waals surface area contributed by atoms with Crippen molar-refractivity contribution in [3.8, 4) is 0 Å². The van der Waals surface area contributed by atoms with Crippen molar-refractivity contribution in [1.82, 2.24) is 0 Å². The zero-order valence-electron chi connectivity index (χ0n) is 10.7. The molecule has 2 aromatic carbocycles. The van der Waals surface area contributed by atoms with E-state index in [9.17, 15) is 0 Å². The van der Waals surface area contributed by atoms with E-state index in [0.717, 1.165) is 15.7 Å². The van der Waals surface area contributed by atoms with Gasteiger partial charge in [-0.05, 0) is 64.7 Å². The Labute approximate surface area is 132 Å². The van der Waals surface area contributed by atoms with Gasteiger partial charge in [0.1, 0.15) is 0 Å². The second-order valence-corrected chi connectivity index (χ2v) is 6.21. The van der Waals surface area contributed by atoms with Crippen molar-refractivity contribution in [2.45, 2.75) is 20.4 Å². The Balaban J connectivity index is 2.16. The first kappa shape index (κ1) is 14.7. The molecule has 19 heavy (non-hydrogen) atoms. The summed E-state index contributed by atoms with van der Waals surface area (Å²) in [6.45, 7) is 4.88. The van der Waals surface area contributed by atoms with Gasteiger partial charge in [0.25, 0.3) is 0 Å².